The predicted octanol–water partition coefficient (Wildman–Crippen LogP) is 2.40. The van der Waals surface area contributed by atoms with Gasteiger partial charge in [0.25, 0.3) is 0 Å². The fourth-order valence-electron chi connectivity index (χ4n) is 0.870. The number of alkyl halides is 1. The highest BCUT2D eigenvalue weighted by Gasteiger charge is 2.07. The maximum Gasteiger partial charge on any atom is 0.239 e. The molecule has 0 atom stereocenters. The molecule has 0 saturated heterocycles. The number of carbonyl (C=O) groups excluding carboxylic acids is 1. The number of rotatable bonds is 3. The minimum atomic E-state index is -0.594. The minimum absolute atomic E-state index is 0.145. The third-order valence-corrected chi connectivity index (χ3v) is 1.70. The number of nitrogens with zero attached hydrogens (tertiary/aromatic N) is 1. The third-order valence-electron chi connectivity index (χ3n) is 1.45. The maximum atomic E-state index is 12.6. The van der Waals surface area contributed by atoms with Gasteiger partial charge in [0.2, 0.25) is 5.91 Å². The van der Waals surface area contributed by atoms with Crippen molar-refractivity contribution < 1.29 is 9.18 Å². The summed E-state index contributed by atoms with van der Waals surface area (Å²) in [4.78, 5) is 21.1. The van der Waals surface area contributed by atoms with E-state index >= 15 is 0 Å². The van der Waals surface area contributed by atoms with Gasteiger partial charge in [0, 0.05) is 6.07 Å². The fourth-order valence-corrected chi connectivity index (χ4v) is 0.936. The standard InChI is InChI=1S/C8H6ClFN2O2/c9-4-8(13)11-6-2-1-5(10)3-7(6)12-14/h1-3H,4H2,(H,11,13). The molecule has 1 N–H and O–H groups in total. The number of hydrogen-bond acceptors (Lipinski definition) is 3. The van der Waals surface area contributed by atoms with Crippen molar-refractivity contribution in [3.8, 4) is 0 Å². The molecule has 1 aromatic rings. The molecule has 0 aliphatic carbocycles. The van der Waals surface area contributed by atoms with Gasteiger partial charge in [0.05, 0.1) is 5.69 Å². The molecule has 0 aromatic heterocycles. The molecular formula is C8H6ClFN2O2. The largest absolute Gasteiger partial charge is 0.323 e. The van der Waals surface area contributed by atoms with Crippen molar-refractivity contribution >= 4 is 28.9 Å². The SMILES string of the molecule is O=Nc1cc(F)ccc1NC(=O)CCl. The third kappa shape index (κ3) is 2.50. The summed E-state index contributed by atoms with van der Waals surface area (Å²) in [6.45, 7) is 0. The summed E-state index contributed by atoms with van der Waals surface area (Å²) in [5.41, 5.74) is -0.0180. The Bertz CT molecular complexity index is 370. The molecule has 1 aromatic carbocycles. The first-order valence-corrected chi connectivity index (χ1v) is 4.19. The lowest BCUT2D eigenvalue weighted by Crippen LogP contribution is -2.12. The van der Waals surface area contributed by atoms with Crippen molar-refractivity contribution in [2.24, 2.45) is 5.18 Å². The minimum Gasteiger partial charge on any atom is -0.323 e. The maximum absolute atomic E-state index is 12.6. The van der Waals surface area contributed by atoms with Gasteiger partial charge in [0.1, 0.15) is 17.4 Å². The highest BCUT2D eigenvalue weighted by Crippen LogP contribution is 2.25. The number of hydrogen-bond donors (Lipinski definition) is 1. The van der Waals surface area contributed by atoms with E-state index in [4.69, 9.17) is 11.6 Å². The van der Waals surface area contributed by atoms with Crippen LogP contribution in [0.25, 0.3) is 0 Å². The molecule has 0 heterocycles. The Morgan fingerprint density at radius 3 is 2.86 bits per heavy atom. The quantitative estimate of drug-likeness (QED) is 0.623. The van der Waals surface area contributed by atoms with Gasteiger partial charge in [-0.2, -0.15) is 0 Å². The Balaban J connectivity index is 2.96. The summed E-state index contributed by atoms with van der Waals surface area (Å²) in [6.07, 6.45) is 0. The van der Waals surface area contributed by atoms with Crippen molar-refractivity contribution in [1.82, 2.24) is 0 Å². The molecular weight excluding hydrogens is 211 g/mol. The molecule has 0 spiro atoms. The first-order valence-electron chi connectivity index (χ1n) is 3.66. The number of anilines is 1. The van der Waals surface area contributed by atoms with Crippen LogP contribution in [0, 0.1) is 10.7 Å². The van der Waals surface area contributed by atoms with Gasteiger partial charge >= 0.3 is 0 Å². The molecule has 0 unspecified atom stereocenters. The summed E-state index contributed by atoms with van der Waals surface area (Å²) in [6, 6.07) is 3.28. The summed E-state index contributed by atoms with van der Waals surface area (Å²) in [7, 11) is 0. The lowest BCUT2D eigenvalue weighted by molar-refractivity contribution is -0.113. The zero-order valence-electron chi connectivity index (χ0n) is 6.96. The van der Waals surface area contributed by atoms with E-state index in [0.717, 1.165) is 12.1 Å². The van der Waals surface area contributed by atoms with E-state index in [0.29, 0.717) is 0 Å². The van der Waals surface area contributed by atoms with Gasteiger partial charge < -0.3 is 5.32 Å². The monoisotopic (exact) mass is 216 g/mol. The molecule has 0 bridgehead atoms. The second-order valence-corrected chi connectivity index (χ2v) is 2.70. The normalized spacial score (nSPS) is 9.57. The van der Waals surface area contributed by atoms with Crippen LogP contribution in [0.5, 0.6) is 0 Å². The Kier molecular flexibility index (Phi) is 3.53. The Hall–Kier alpha value is -1.49. The fraction of sp³-hybridized carbons (Fsp3) is 0.125. The van der Waals surface area contributed by atoms with Crippen LogP contribution in [0.1, 0.15) is 0 Å². The van der Waals surface area contributed by atoms with E-state index in [1.165, 1.54) is 6.07 Å². The highest BCUT2D eigenvalue weighted by molar-refractivity contribution is 6.29. The summed E-state index contributed by atoms with van der Waals surface area (Å²) >= 11 is 5.23. The molecule has 1 amide bonds. The van der Waals surface area contributed by atoms with Crippen molar-refractivity contribution in [2.45, 2.75) is 0 Å². The van der Waals surface area contributed by atoms with Crippen LogP contribution in [0.2, 0.25) is 0 Å². The van der Waals surface area contributed by atoms with E-state index in [2.05, 4.69) is 10.5 Å². The van der Waals surface area contributed by atoms with Crippen LogP contribution in [0.15, 0.2) is 23.4 Å². The van der Waals surface area contributed by atoms with Gasteiger partial charge in [-0.05, 0) is 17.3 Å². The molecule has 6 heteroatoms. The first kappa shape index (κ1) is 10.6. The Morgan fingerprint density at radius 2 is 2.29 bits per heavy atom. The number of benzene rings is 1. The Morgan fingerprint density at radius 1 is 1.57 bits per heavy atom. The van der Waals surface area contributed by atoms with Crippen molar-refractivity contribution in [3.63, 3.8) is 0 Å². The van der Waals surface area contributed by atoms with E-state index in [1.54, 1.807) is 0 Å². The lowest BCUT2D eigenvalue weighted by atomic mass is 10.2. The topological polar surface area (TPSA) is 58.5 Å². The average molecular weight is 217 g/mol. The van der Waals surface area contributed by atoms with Gasteiger partial charge in [-0.1, -0.05) is 0 Å². The van der Waals surface area contributed by atoms with Crippen LogP contribution in [-0.2, 0) is 4.79 Å². The van der Waals surface area contributed by atoms with Gasteiger partial charge in [-0.3, -0.25) is 4.79 Å². The summed E-state index contributed by atoms with van der Waals surface area (Å²) < 4.78 is 12.6. The summed E-state index contributed by atoms with van der Waals surface area (Å²) in [5, 5.41) is 4.88. The van der Waals surface area contributed by atoms with Crippen molar-refractivity contribution in [2.75, 3.05) is 11.2 Å². The molecule has 0 fully saturated rings. The summed E-state index contributed by atoms with van der Waals surface area (Å²) in [5.74, 6) is -1.32. The lowest BCUT2D eigenvalue weighted by Gasteiger charge is -2.04. The molecule has 0 radical (unpaired) electrons. The van der Waals surface area contributed by atoms with E-state index < -0.39 is 11.7 Å². The van der Waals surface area contributed by atoms with Crippen LogP contribution < -0.4 is 5.32 Å². The van der Waals surface area contributed by atoms with Gasteiger partial charge in [0.15, 0.2) is 0 Å². The number of halogens is 2. The van der Waals surface area contributed by atoms with Crippen LogP contribution in [-0.4, -0.2) is 11.8 Å². The molecule has 0 aliphatic rings. The highest BCUT2D eigenvalue weighted by atomic mass is 35.5. The molecule has 0 saturated carbocycles. The van der Waals surface area contributed by atoms with E-state index in [-0.39, 0.29) is 17.3 Å². The van der Waals surface area contributed by atoms with Crippen molar-refractivity contribution in [3.05, 3.63) is 28.9 Å². The van der Waals surface area contributed by atoms with Gasteiger partial charge in [-0.25, -0.2) is 4.39 Å². The molecule has 14 heavy (non-hydrogen) atoms. The molecule has 74 valence electrons. The zero-order chi connectivity index (χ0) is 10.6. The second kappa shape index (κ2) is 4.66. The number of carbonyl (C=O) groups is 1. The zero-order valence-corrected chi connectivity index (χ0v) is 7.71. The number of nitroso groups, excluding NO2 is 1. The van der Waals surface area contributed by atoms with E-state index in [9.17, 15) is 14.1 Å². The smallest absolute Gasteiger partial charge is 0.239 e. The Labute approximate surface area is 84.0 Å². The first-order chi connectivity index (χ1) is 6.67. The number of nitrogens with one attached hydrogen (secondary N) is 1. The number of amides is 1. The predicted molar refractivity (Wildman–Crippen MR) is 51.2 cm³/mol. The van der Waals surface area contributed by atoms with Crippen LogP contribution >= 0.6 is 11.6 Å². The van der Waals surface area contributed by atoms with Gasteiger partial charge in [-0.15, -0.1) is 16.5 Å². The molecule has 4 nitrogen and oxygen atoms in total. The molecule has 1 rings (SSSR count). The second-order valence-electron chi connectivity index (χ2n) is 2.43. The van der Waals surface area contributed by atoms with Crippen molar-refractivity contribution in [1.29, 1.82) is 0 Å². The van der Waals surface area contributed by atoms with Crippen LogP contribution in [0.3, 0.4) is 0 Å². The molecule has 0 aliphatic heterocycles. The van der Waals surface area contributed by atoms with E-state index in [1.807, 2.05) is 0 Å². The average Bonchev–Trinajstić information content (AvgIpc) is 2.20. The van der Waals surface area contributed by atoms with Crippen LogP contribution in [0.4, 0.5) is 15.8 Å².